The number of nitrogens with zero attached hydrogens (tertiary/aromatic N) is 1. The van der Waals surface area contributed by atoms with Crippen molar-refractivity contribution < 1.29 is 96.4 Å². The lowest BCUT2D eigenvalue weighted by Gasteiger charge is -2.59. The highest BCUT2D eigenvalue weighted by atomic mass is 16.7. The van der Waals surface area contributed by atoms with Crippen molar-refractivity contribution in [1.29, 1.82) is 0 Å². The maximum absolute atomic E-state index is 14.1. The highest BCUT2D eigenvalue weighted by molar-refractivity contribution is 6.13. The molecule has 6 aliphatic rings. The second-order valence-corrected chi connectivity index (χ2v) is 26.3. The van der Waals surface area contributed by atoms with Gasteiger partial charge in [-0.3, -0.25) is 53.4 Å². The van der Waals surface area contributed by atoms with Gasteiger partial charge in [0.2, 0.25) is 29.5 Å². The summed E-state index contributed by atoms with van der Waals surface area (Å²) in [6.45, 7) is 3.52. The van der Waals surface area contributed by atoms with Crippen LogP contribution in [-0.4, -0.2) is 189 Å². The van der Waals surface area contributed by atoms with E-state index in [0.717, 1.165) is 28.0 Å². The first kappa shape index (κ1) is 74.5. The lowest BCUT2D eigenvalue weighted by Crippen LogP contribution is -2.63. The molecule has 0 aromatic heterocycles. The van der Waals surface area contributed by atoms with Crippen molar-refractivity contribution in [3.63, 3.8) is 0 Å². The predicted molar refractivity (Wildman–Crippen MR) is 362 cm³/mol. The second kappa shape index (κ2) is 34.5. The zero-order valence-electron chi connectivity index (χ0n) is 56.5. The van der Waals surface area contributed by atoms with Crippen molar-refractivity contribution >= 4 is 70.4 Å². The van der Waals surface area contributed by atoms with Crippen LogP contribution in [0.4, 0.5) is 16.2 Å². The SMILES string of the molecule is C[C@]12C=CC(=O)C=C1CC[C@@H]1[C@@H]2[C@@H](O)C[C@@]2(C)[C@H]1C[C@H]1O[C@@H](c3ccc(Cc4ccc(CO)c(NC(=O)OCc5ccc(NC(=O)CNC(=O)[C@H](Cc6ccccc6)NC(=O)CNC(=O)CNC(=O)CCOCCOCCOCCOCCN6C(=O)C=CC6=O)cc5)c4)cc3)O[C@]12C(=O)CO. The number of rotatable bonds is 35. The molecule has 10 rings (SSSR count). The van der Waals surface area contributed by atoms with Gasteiger partial charge in [-0.2, -0.15) is 0 Å². The first-order chi connectivity index (χ1) is 48.7. The van der Waals surface area contributed by atoms with Gasteiger partial charge in [0.05, 0.1) is 97.8 Å². The number of aliphatic hydroxyl groups is 3. The number of ketones is 2. The zero-order valence-corrected chi connectivity index (χ0v) is 56.5. The third-order valence-electron chi connectivity index (χ3n) is 19.8. The first-order valence-electron chi connectivity index (χ1n) is 33.9. The Morgan fingerprint density at radius 2 is 1.33 bits per heavy atom. The maximum atomic E-state index is 14.1. The van der Waals surface area contributed by atoms with Crippen LogP contribution in [0.15, 0.2) is 133 Å². The van der Waals surface area contributed by atoms with Gasteiger partial charge in [0, 0.05) is 64.2 Å². The summed E-state index contributed by atoms with van der Waals surface area (Å²) >= 11 is 0. The lowest BCUT2D eigenvalue weighted by molar-refractivity contribution is -0.201. The zero-order chi connectivity index (χ0) is 71.7. The summed E-state index contributed by atoms with van der Waals surface area (Å²) in [4.78, 5) is 128. The van der Waals surface area contributed by atoms with Crippen LogP contribution in [0, 0.1) is 28.6 Å². The average molecular weight is 1390 g/mol. The van der Waals surface area contributed by atoms with Crippen molar-refractivity contribution in [2.24, 2.45) is 28.6 Å². The number of Topliss-reactive ketones (excluding diaryl/α,β-unsaturated/α-hetero) is 1. The molecule has 1 saturated heterocycles. The van der Waals surface area contributed by atoms with Crippen LogP contribution in [0.1, 0.15) is 85.6 Å². The molecule has 0 radical (unpaired) electrons. The first-order valence-corrected chi connectivity index (χ1v) is 33.9. The molecular weight excluding hydrogens is 1310 g/mol. The van der Waals surface area contributed by atoms with E-state index in [2.05, 4.69) is 38.8 Å². The number of fused-ring (bicyclic) bond motifs is 7. The van der Waals surface area contributed by atoms with Gasteiger partial charge in [0.1, 0.15) is 19.3 Å². The summed E-state index contributed by atoms with van der Waals surface area (Å²) in [6.07, 6.45) is 7.21. The molecule has 9 N–H and O–H groups in total. The van der Waals surface area contributed by atoms with E-state index in [1.807, 2.05) is 43.3 Å². The Labute approximate surface area is 584 Å². The monoisotopic (exact) mass is 1390 g/mol. The van der Waals surface area contributed by atoms with Gasteiger partial charge in [-0.1, -0.05) is 104 Å². The van der Waals surface area contributed by atoms with E-state index in [1.165, 1.54) is 12.2 Å². The van der Waals surface area contributed by atoms with Gasteiger partial charge in [0.25, 0.3) is 11.8 Å². The van der Waals surface area contributed by atoms with Crippen LogP contribution in [0.2, 0.25) is 0 Å². The van der Waals surface area contributed by atoms with Gasteiger partial charge in [0.15, 0.2) is 23.5 Å². The number of carbonyl (C=O) groups excluding carboxylic acids is 10. The molecule has 27 nitrogen and oxygen atoms in total. The fraction of sp³-hybridized carbons (Fsp3) is 0.459. The third-order valence-corrected chi connectivity index (χ3v) is 19.8. The standard InChI is InChI=1S/C74H87N7O20/c1-72-24-22-54(84)37-52(72)16-19-55-56-38-61-74(60(86)44-83,73(56,2)39-59(85)68(55)72)101-70(100-61)50-13-8-47(9-14-50)34-49-10-15-51(43-82)57(36-49)80-71(94)99-45-48-11-17-53(18-12-48)78-64(89)42-77-69(93)58(35-46-6-4-3-5-7-46)79-65(90)41-76-63(88)40-75-62(87)23-26-95-28-30-97-32-33-98-31-29-96-27-25-81-66(91)20-21-67(81)92/h3-15,17-18,20-22,24,36-37,55-56,58-59,61,68,70,82-83,85H,16,19,23,25-35,38-45H2,1-2H3,(H,75,87)(H,76,88)(H,77,93)(H,78,89)(H,79,90)(H,80,94)/t55-,56-,58-,59-,61+,68+,70+,72-,73-,74+/m0/s1. The van der Waals surface area contributed by atoms with E-state index in [4.69, 9.17) is 33.2 Å². The van der Waals surface area contributed by atoms with Crippen LogP contribution in [-0.2, 0) is 102 Å². The highest BCUT2D eigenvalue weighted by Crippen LogP contribution is 2.70. The van der Waals surface area contributed by atoms with Crippen molar-refractivity contribution in [3.05, 3.63) is 166 Å². The normalized spacial score (nSPS) is 24.1. The Morgan fingerprint density at radius 3 is 2.02 bits per heavy atom. The number of allylic oxidation sites excluding steroid dienone is 4. The number of imide groups is 1. The van der Waals surface area contributed by atoms with Gasteiger partial charge < -0.3 is 75.1 Å². The Hall–Kier alpha value is -9.16. The summed E-state index contributed by atoms with van der Waals surface area (Å²) in [5.74, 6) is -4.49. The van der Waals surface area contributed by atoms with Crippen molar-refractivity contribution in [1.82, 2.24) is 26.2 Å². The molecule has 4 aliphatic carbocycles. The number of nitrogens with one attached hydrogen (secondary N) is 6. The van der Waals surface area contributed by atoms with Gasteiger partial charge in [-0.15, -0.1) is 0 Å². The van der Waals surface area contributed by atoms with Gasteiger partial charge in [-0.05, 0) is 96.5 Å². The Balaban J connectivity index is 0.610. The predicted octanol–water partition coefficient (Wildman–Crippen LogP) is 3.52. The smallest absolute Gasteiger partial charge is 0.411 e. The maximum Gasteiger partial charge on any atom is 0.411 e. The van der Waals surface area contributed by atoms with Crippen LogP contribution < -0.4 is 31.9 Å². The summed E-state index contributed by atoms with van der Waals surface area (Å²) in [5.41, 5.74) is 3.04. The third kappa shape index (κ3) is 18.3. The fourth-order valence-electron chi connectivity index (χ4n) is 14.9. The molecule has 27 heteroatoms. The minimum atomic E-state index is -1.49. The van der Waals surface area contributed by atoms with Crippen molar-refractivity contribution in [2.45, 2.75) is 102 Å². The number of hydrogen-bond acceptors (Lipinski definition) is 20. The summed E-state index contributed by atoms with van der Waals surface area (Å²) < 4.78 is 40.6. The summed E-state index contributed by atoms with van der Waals surface area (Å²) in [5, 5.41) is 48.1. The highest BCUT2D eigenvalue weighted by Gasteiger charge is 2.76. The van der Waals surface area contributed by atoms with E-state index in [0.29, 0.717) is 72.7 Å². The topological polar surface area (TPSA) is 371 Å². The van der Waals surface area contributed by atoms with Crippen LogP contribution in [0.25, 0.3) is 0 Å². The quantitative estimate of drug-likeness (QED) is 0.0235. The molecule has 4 aromatic carbocycles. The molecule has 2 heterocycles. The minimum Gasteiger partial charge on any atom is -0.444 e. The molecule has 101 heavy (non-hydrogen) atoms. The van der Waals surface area contributed by atoms with E-state index < -0.39 is 109 Å². The molecule has 4 fully saturated rings. The van der Waals surface area contributed by atoms with Crippen LogP contribution in [0.5, 0.6) is 0 Å². The molecule has 0 bridgehead atoms. The molecule has 0 unspecified atom stereocenters. The largest absolute Gasteiger partial charge is 0.444 e. The molecule has 4 aromatic rings. The number of ether oxygens (including phenoxy) is 7. The Morgan fingerprint density at radius 1 is 0.683 bits per heavy atom. The average Bonchev–Trinajstić information content (AvgIpc) is 1.53. The summed E-state index contributed by atoms with van der Waals surface area (Å²) in [7, 11) is 0. The molecule has 0 spiro atoms. The van der Waals surface area contributed by atoms with E-state index in [1.54, 1.807) is 78.9 Å². The Bertz CT molecular complexity index is 3750. The minimum absolute atomic E-state index is 0.0281. The fourth-order valence-corrected chi connectivity index (χ4v) is 14.9. The number of benzene rings is 4. The Kier molecular flexibility index (Phi) is 25.4. The molecular formula is C74H87N7O20. The lowest BCUT2D eigenvalue weighted by atomic mass is 9.46. The van der Waals surface area contributed by atoms with Crippen LogP contribution in [0.3, 0.4) is 0 Å². The number of anilines is 2. The van der Waals surface area contributed by atoms with E-state index in [9.17, 15) is 63.3 Å². The molecule has 538 valence electrons. The van der Waals surface area contributed by atoms with Crippen molar-refractivity contribution in [3.8, 4) is 0 Å². The number of amides is 8. The molecule has 8 amide bonds. The summed E-state index contributed by atoms with van der Waals surface area (Å²) in [6, 6.07) is 27.0. The molecule has 3 saturated carbocycles. The second-order valence-electron chi connectivity index (χ2n) is 26.3. The number of hydrogen-bond donors (Lipinski definition) is 9. The number of aliphatic hydroxyl groups excluding tert-OH is 3. The van der Waals surface area contributed by atoms with Crippen LogP contribution >= 0.6 is 0 Å². The van der Waals surface area contributed by atoms with E-state index in [-0.39, 0.29) is 107 Å². The van der Waals surface area contributed by atoms with Crippen molar-refractivity contribution in [2.75, 3.05) is 96.3 Å². The van der Waals surface area contributed by atoms with E-state index >= 15 is 0 Å². The number of carbonyl (C=O) groups is 10. The molecule has 10 atom stereocenters. The molecule has 2 aliphatic heterocycles. The van der Waals surface area contributed by atoms with Gasteiger partial charge in [-0.25, -0.2) is 4.79 Å². The van der Waals surface area contributed by atoms with Gasteiger partial charge >= 0.3 is 6.09 Å².